The largest absolute Gasteiger partial charge is 0.508 e. The van der Waals surface area contributed by atoms with Crippen LogP contribution in [0.2, 0.25) is 0 Å². The first-order valence-corrected chi connectivity index (χ1v) is 11.2. The van der Waals surface area contributed by atoms with Crippen LogP contribution in [0.1, 0.15) is 100 Å². The van der Waals surface area contributed by atoms with E-state index in [1.807, 2.05) is 0 Å². The van der Waals surface area contributed by atoms with E-state index in [-0.39, 0.29) is 22.2 Å². The summed E-state index contributed by atoms with van der Waals surface area (Å²) in [5.74, 6) is 1.45. The van der Waals surface area contributed by atoms with E-state index in [9.17, 15) is 9.90 Å². The zero-order valence-electron chi connectivity index (χ0n) is 19.5. The van der Waals surface area contributed by atoms with Gasteiger partial charge >= 0.3 is 0 Å². The van der Waals surface area contributed by atoms with E-state index >= 15 is 0 Å². The van der Waals surface area contributed by atoms with Crippen LogP contribution in [0.4, 0.5) is 0 Å². The molecule has 2 aliphatic rings. The minimum Gasteiger partial charge on any atom is -0.508 e. The Morgan fingerprint density at radius 3 is 2.18 bits per heavy atom. The maximum Gasteiger partial charge on any atom is 0.220 e. The Morgan fingerprint density at radius 1 is 1.11 bits per heavy atom. The van der Waals surface area contributed by atoms with E-state index < -0.39 is 0 Å². The summed E-state index contributed by atoms with van der Waals surface area (Å²) in [6.45, 7) is 17.5. The lowest BCUT2D eigenvalue weighted by atomic mass is 9.65. The minimum absolute atomic E-state index is 0.0862. The van der Waals surface area contributed by atoms with Gasteiger partial charge in [-0.25, -0.2) is 0 Å². The Balaban J connectivity index is 2.09. The topological polar surface area (TPSA) is 49.3 Å². The third-order valence-electron chi connectivity index (χ3n) is 6.63. The molecule has 2 rings (SSSR count). The third kappa shape index (κ3) is 5.87. The number of carbonyl (C=O) groups is 1. The second kappa shape index (κ2) is 8.24. The molecular weight excluding hydrogens is 346 g/mol. The van der Waals surface area contributed by atoms with E-state index in [0.717, 1.165) is 42.7 Å². The van der Waals surface area contributed by atoms with E-state index in [2.05, 4.69) is 66.8 Å². The molecule has 1 fully saturated rings. The predicted molar refractivity (Wildman–Crippen MR) is 118 cm³/mol. The third-order valence-corrected chi connectivity index (χ3v) is 6.63. The summed E-state index contributed by atoms with van der Waals surface area (Å²) in [7, 11) is 0. The monoisotopic (exact) mass is 389 g/mol. The molecule has 0 saturated heterocycles. The Morgan fingerprint density at radius 2 is 1.68 bits per heavy atom. The first kappa shape index (κ1) is 23.0. The molecule has 2 aliphatic carbocycles. The predicted octanol–water partition coefficient (Wildman–Crippen LogP) is 6.70. The second-order valence-electron chi connectivity index (χ2n) is 11.7. The van der Waals surface area contributed by atoms with Crippen LogP contribution < -0.4 is 5.32 Å². The first-order chi connectivity index (χ1) is 12.7. The Labute approximate surface area is 173 Å². The number of hydrogen-bond acceptors (Lipinski definition) is 2. The number of hydrogen-bond donors (Lipinski definition) is 2. The molecule has 0 aromatic carbocycles. The fourth-order valence-electron chi connectivity index (χ4n) is 4.57. The SMILES string of the molecule is CC1CCC(NC(=O)CCC2(C)C=C(C(C)(C)C)C(O)=C(C(C)(C)C)C2)CC1. The molecule has 0 bridgehead atoms. The minimum atomic E-state index is -0.122. The lowest BCUT2D eigenvalue weighted by molar-refractivity contribution is -0.122. The van der Waals surface area contributed by atoms with Gasteiger partial charge in [-0.05, 0) is 71.8 Å². The highest BCUT2D eigenvalue weighted by Crippen LogP contribution is 2.49. The second-order valence-corrected chi connectivity index (χ2v) is 11.7. The zero-order chi connectivity index (χ0) is 21.3. The van der Waals surface area contributed by atoms with Gasteiger partial charge < -0.3 is 10.4 Å². The van der Waals surface area contributed by atoms with Crippen LogP contribution in [0, 0.1) is 22.2 Å². The van der Waals surface area contributed by atoms with Crippen LogP contribution in [0.3, 0.4) is 0 Å². The average molecular weight is 390 g/mol. The molecule has 0 heterocycles. The number of allylic oxidation sites excluding steroid dienone is 3. The molecular formula is C25H43NO2. The molecule has 1 saturated carbocycles. The summed E-state index contributed by atoms with van der Waals surface area (Å²) >= 11 is 0. The number of rotatable bonds is 4. The summed E-state index contributed by atoms with van der Waals surface area (Å²) in [6, 6.07) is 0.359. The molecule has 3 heteroatoms. The van der Waals surface area contributed by atoms with Gasteiger partial charge in [-0.15, -0.1) is 0 Å². The van der Waals surface area contributed by atoms with Crippen LogP contribution in [0.15, 0.2) is 23.0 Å². The van der Waals surface area contributed by atoms with Crippen molar-refractivity contribution in [2.75, 3.05) is 0 Å². The first-order valence-electron chi connectivity index (χ1n) is 11.2. The molecule has 0 radical (unpaired) electrons. The van der Waals surface area contributed by atoms with Crippen molar-refractivity contribution in [3.63, 3.8) is 0 Å². The molecule has 0 aromatic rings. The molecule has 3 nitrogen and oxygen atoms in total. The highest BCUT2D eigenvalue weighted by atomic mass is 16.3. The number of aliphatic hydroxyl groups is 1. The molecule has 28 heavy (non-hydrogen) atoms. The molecule has 1 atom stereocenters. The van der Waals surface area contributed by atoms with Gasteiger partial charge in [0.05, 0.1) is 0 Å². The Hall–Kier alpha value is -1.25. The maximum atomic E-state index is 12.6. The van der Waals surface area contributed by atoms with Crippen molar-refractivity contribution in [1.82, 2.24) is 5.32 Å². The van der Waals surface area contributed by atoms with Gasteiger partial charge in [-0.1, -0.05) is 61.5 Å². The lowest BCUT2D eigenvalue weighted by Gasteiger charge is -2.41. The normalized spacial score (nSPS) is 29.5. The Bertz CT molecular complexity index is 636. The number of aliphatic hydroxyl groups excluding tert-OH is 1. The van der Waals surface area contributed by atoms with Crippen molar-refractivity contribution in [2.45, 2.75) is 106 Å². The fraction of sp³-hybridized carbons (Fsp3) is 0.800. The molecule has 1 amide bonds. The number of carbonyl (C=O) groups excluding carboxylic acids is 1. The van der Waals surface area contributed by atoms with E-state index in [0.29, 0.717) is 18.2 Å². The van der Waals surface area contributed by atoms with E-state index in [4.69, 9.17) is 0 Å². The smallest absolute Gasteiger partial charge is 0.220 e. The lowest BCUT2D eigenvalue weighted by Crippen LogP contribution is -2.38. The Kier molecular flexibility index (Phi) is 6.78. The fourth-order valence-corrected chi connectivity index (χ4v) is 4.57. The van der Waals surface area contributed by atoms with E-state index in [1.165, 1.54) is 12.8 Å². The maximum absolute atomic E-state index is 12.6. The highest BCUT2D eigenvalue weighted by molar-refractivity contribution is 5.76. The van der Waals surface area contributed by atoms with Gasteiger partial charge in [-0.2, -0.15) is 0 Å². The van der Waals surface area contributed by atoms with Crippen molar-refractivity contribution in [3.8, 4) is 0 Å². The molecule has 0 spiro atoms. The summed E-state index contributed by atoms with van der Waals surface area (Å²) in [4.78, 5) is 12.6. The van der Waals surface area contributed by atoms with Gasteiger partial charge in [0, 0.05) is 12.5 Å². The molecule has 0 aromatic heterocycles. The standard InChI is InChI=1S/C25H43NO2/c1-17-9-11-18(12-10-17)26-21(27)13-14-25(8)15-19(23(2,3)4)22(28)20(16-25)24(5,6)7/h15,17-18,28H,9-14,16H2,1-8H3,(H,26,27). The summed E-state index contributed by atoms with van der Waals surface area (Å²) in [6.07, 6.45) is 9.09. The average Bonchev–Trinajstić information content (AvgIpc) is 2.55. The molecule has 1 unspecified atom stereocenters. The number of nitrogens with one attached hydrogen (secondary N) is 1. The van der Waals surface area contributed by atoms with Gasteiger partial charge in [0.2, 0.25) is 5.91 Å². The zero-order valence-corrected chi connectivity index (χ0v) is 19.5. The van der Waals surface area contributed by atoms with Crippen LogP contribution >= 0.6 is 0 Å². The summed E-state index contributed by atoms with van der Waals surface area (Å²) < 4.78 is 0. The van der Waals surface area contributed by atoms with Crippen LogP contribution in [-0.4, -0.2) is 17.1 Å². The van der Waals surface area contributed by atoms with Crippen molar-refractivity contribution in [2.24, 2.45) is 22.2 Å². The molecule has 160 valence electrons. The summed E-state index contributed by atoms with van der Waals surface area (Å²) in [5.41, 5.74) is 1.83. The van der Waals surface area contributed by atoms with E-state index in [1.54, 1.807) is 0 Å². The van der Waals surface area contributed by atoms with Gasteiger partial charge in [0.15, 0.2) is 0 Å². The van der Waals surface area contributed by atoms with Crippen molar-refractivity contribution in [1.29, 1.82) is 0 Å². The van der Waals surface area contributed by atoms with Crippen LogP contribution in [-0.2, 0) is 4.79 Å². The van der Waals surface area contributed by atoms with Gasteiger partial charge in [0.25, 0.3) is 0 Å². The van der Waals surface area contributed by atoms with Crippen LogP contribution in [0.25, 0.3) is 0 Å². The number of amides is 1. The van der Waals surface area contributed by atoms with Crippen LogP contribution in [0.5, 0.6) is 0 Å². The van der Waals surface area contributed by atoms with Gasteiger partial charge in [-0.3, -0.25) is 4.79 Å². The molecule has 2 N–H and O–H groups in total. The quantitative estimate of drug-likeness (QED) is 0.562. The van der Waals surface area contributed by atoms with Crippen molar-refractivity contribution < 1.29 is 9.90 Å². The molecule has 0 aliphatic heterocycles. The van der Waals surface area contributed by atoms with Gasteiger partial charge in [0.1, 0.15) is 5.76 Å². The van der Waals surface area contributed by atoms with Crippen molar-refractivity contribution >= 4 is 5.91 Å². The summed E-state index contributed by atoms with van der Waals surface area (Å²) in [5, 5.41) is 14.2. The highest BCUT2D eigenvalue weighted by Gasteiger charge is 2.38. The van der Waals surface area contributed by atoms with Crippen molar-refractivity contribution in [3.05, 3.63) is 23.0 Å².